The predicted molar refractivity (Wildman–Crippen MR) is 128 cm³/mol. The number of Topliss-reactive ketones (excluding diaryl/α,β-unsaturated/α-hetero) is 1. The summed E-state index contributed by atoms with van der Waals surface area (Å²) in [5, 5.41) is 12.8. The molecule has 3 N–H and O–H groups in total. The molecule has 34 heavy (non-hydrogen) atoms. The van der Waals surface area contributed by atoms with Gasteiger partial charge in [0.2, 0.25) is 5.91 Å². The molecule has 0 saturated carbocycles. The van der Waals surface area contributed by atoms with Gasteiger partial charge >= 0.3 is 0 Å². The van der Waals surface area contributed by atoms with Crippen LogP contribution >= 0.6 is 0 Å². The van der Waals surface area contributed by atoms with Crippen LogP contribution in [-0.4, -0.2) is 48.9 Å². The molecule has 1 amide bonds. The van der Waals surface area contributed by atoms with Crippen LogP contribution in [0.4, 0.5) is 0 Å². The van der Waals surface area contributed by atoms with Crippen LogP contribution in [0.2, 0.25) is 0 Å². The zero-order valence-electron chi connectivity index (χ0n) is 19.6. The average molecular weight is 459 g/mol. The second-order valence-electron chi connectivity index (χ2n) is 10.1. The summed E-state index contributed by atoms with van der Waals surface area (Å²) < 4.78 is 6.07. The van der Waals surface area contributed by atoms with Gasteiger partial charge in [-0.1, -0.05) is 19.9 Å². The Hall–Kier alpha value is -3.37. The molecule has 7 heteroatoms. The van der Waals surface area contributed by atoms with Crippen LogP contribution in [0.25, 0.3) is 0 Å². The van der Waals surface area contributed by atoms with E-state index in [1.165, 1.54) is 0 Å². The molecule has 0 spiro atoms. The summed E-state index contributed by atoms with van der Waals surface area (Å²) in [6.07, 6.45) is 7.30. The maximum Gasteiger partial charge on any atom is 0.220 e. The molecule has 1 unspecified atom stereocenters. The molecular formula is C27H30N4O3. The van der Waals surface area contributed by atoms with E-state index in [1.54, 1.807) is 0 Å². The van der Waals surface area contributed by atoms with Crippen molar-refractivity contribution >= 4 is 11.7 Å². The van der Waals surface area contributed by atoms with E-state index in [0.29, 0.717) is 12.2 Å². The van der Waals surface area contributed by atoms with Gasteiger partial charge in [0.1, 0.15) is 12.4 Å². The number of carbonyl (C=O) groups is 2. The lowest BCUT2D eigenvalue weighted by Crippen LogP contribution is -2.40. The number of hydrogen-bond acceptors (Lipinski definition) is 6. The van der Waals surface area contributed by atoms with Gasteiger partial charge in [-0.15, -0.1) is 0 Å². The van der Waals surface area contributed by atoms with E-state index in [-0.39, 0.29) is 35.0 Å². The molecule has 2 atom stereocenters. The molecule has 176 valence electrons. The first-order valence-electron chi connectivity index (χ1n) is 11.9. The number of hydrogen-bond donors (Lipinski definition) is 2. The molecule has 5 rings (SSSR count). The van der Waals surface area contributed by atoms with Crippen LogP contribution in [0.1, 0.15) is 42.6 Å². The van der Waals surface area contributed by atoms with E-state index >= 15 is 0 Å². The van der Waals surface area contributed by atoms with Crippen LogP contribution in [0.3, 0.4) is 0 Å². The van der Waals surface area contributed by atoms with E-state index in [9.17, 15) is 14.9 Å². The van der Waals surface area contributed by atoms with Gasteiger partial charge < -0.3 is 15.8 Å². The Morgan fingerprint density at radius 1 is 1.32 bits per heavy atom. The van der Waals surface area contributed by atoms with Crippen LogP contribution in [0.5, 0.6) is 5.75 Å². The minimum absolute atomic E-state index is 0.0118. The fourth-order valence-electron chi connectivity index (χ4n) is 5.70. The second kappa shape index (κ2) is 8.44. The van der Waals surface area contributed by atoms with Crippen LogP contribution in [0.15, 0.2) is 53.3 Å². The largest absolute Gasteiger partial charge is 0.492 e. The number of ketones is 1. The molecule has 2 aliphatic heterocycles. The van der Waals surface area contributed by atoms with Crippen molar-refractivity contribution in [1.29, 1.82) is 5.26 Å². The minimum Gasteiger partial charge on any atom is -0.492 e. The number of rotatable bonds is 5. The first-order valence-corrected chi connectivity index (χ1v) is 11.9. The number of carbonyl (C=O) groups excluding carboxylic acids is 2. The van der Waals surface area contributed by atoms with Crippen molar-refractivity contribution in [2.75, 3.05) is 26.2 Å². The van der Waals surface area contributed by atoms with Gasteiger partial charge in [0.05, 0.1) is 12.1 Å². The molecular weight excluding hydrogens is 428 g/mol. The summed E-state index contributed by atoms with van der Waals surface area (Å²) in [5.74, 6) is 0.530. The molecule has 1 aromatic rings. The Kier molecular flexibility index (Phi) is 5.57. The number of piperidine rings is 1. The number of ether oxygens (including phenoxy) is 1. The molecule has 7 nitrogen and oxygen atoms in total. The fraction of sp³-hybridized carbons (Fsp3) is 0.444. The SMILES string of the molecule is CC1(C)C2=C(C(=O)c3ccc(OCCN4CCC(C(N)=O)CC4)cc31)[C@H]1C=CC(C#N)=CC1N2. The predicted octanol–water partition coefficient (Wildman–Crippen LogP) is 2.60. The number of primary amides is 1. The van der Waals surface area contributed by atoms with Gasteiger partial charge in [0.25, 0.3) is 0 Å². The fourth-order valence-corrected chi connectivity index (χ4v) is 5.70. The molecule has 0 radical (unpaired) electrons. The topological polar surface area (TPSA) is 108 Å². The molecule has 2 aliphatic carbocycles. The van der Waals surface area contributed by atoms with E-state index < -0.39 is 0 Å². The summed E-state index contributed by atoms with van der Waals surface area (Å²) in [5.41, 5.74) is 9.07. The number of likely N-dealkylation sites (tertiary alicyclic amines) is 1. The molecule has 0 bridgehead atoms. The first-order chi connectivity index (χ1) is 16.3. The van der Waals surface area contributed by atoms with E-state index in [0.717, 1.165) is 60.6 Å². The van der Waals surface area contributed by atoms with Crippen molar-refractivity contribution in [3.8, 4) is 11.8 Å². The van der Waals surface area contributed by atoms with Crippen molar-refractivity contribution in [2.24, 2.45) is 17.6 Å². The number of allylic oxidation sites excluding steroid dienone is 3. The lowest BCUT2D eigenvalue weighted by atomic mass is 9.70. The lowest BCUT2D eigenvalue weighted by Gasteiger charge is -2.34. The Bertz CT molecular complexity index is 1180. The number of nitrogens with one attached hydrogen (secondary N) is 1. The highest BCUT2D eigenvalue weighted by Crippen LogP contribution is 2.48. The third kappa shape index (κ3) is 3.72. The summed E-state index contributed by atoms with van der Waals surface area (Å²) in [6, 6.07) is 7.87. The van der Waals surface area contributed by atoms with Gasteiger partial charge in [-0.25, -0.2) is 0 Å². The van der Waals surface area contributed by atoms with Gasteiger partial charge in [-0.05, 0) is 61.8 Å². The average Bonchev–Trinajstić information content (AvgIpc) is 3.23. The summed E-state index contributed by atoms with van der Waals surface area (Å²) in [7, 11) is 0. The Morgan fingerprint density at radius 2 is 2.09 bits per heavy atom. The van der Waals surface area contributed by atoms with Crippen molar-refractivity contribution in [3.63, 3.8) is 0 Å². The summed E-state index contributed by atoms with van der Waals surface area (Å²) >= 11 is 0. The molecule has 1 fully saturated rings. The quantitative estimate of drug-likeness (QED) is 0.702. The third-order valence-electron chi connectivity index (χ3n) is 7.72. The Morgan fingerprint density at radius 3 is 2.79 bits per heavy atom. The van der Waals surface area contributed by atoms with Crippen LogP contribution < -0.4 is 15.8 Å². The Balaban J connectivity index is 1.29. The standard InChI is InChI=1S/C27H30N4O3/c1-27(2)21-14-18(34-12-11-31-9-7-17(8-10-31)26(29)33)4-6-19(21)24(32)23-20-5-3-16(15-28)13-22(20)30-25(23)27/h3-6,13-14,17,20,22,30H,7-12H2,1-2H3,(H2,29,33)/t20-,22?/m0/s1. The molecule has 4 aliphatic rings. The zero-order valence-corrected chi connectivity index (χ0v) is 19.6. The monoisotopic (exact) mass is 458 g/mol. The molecule has 0 aromatic heterocycles. The molecule has 1 saturated heterocycles. The Labute approximate surface area is 199 Å². The zero-order chi connectivity index (χ0) is 24.0. The number of fused-ring (bicyclic) bond motifs is 3. The van der Waals surface area contributed by atoms with Crippen molar-refractivity contribution in [1.82, 2.24) is 10.2 Å². The van der Waals surface area contributed by atoms with Gasteiger partial charge in [0, 0.05) is 46.2 Å². The van der Waals surface area contributed by atoms with Crippen LogP contribution in [0, 0.1) is 23.2 Å². The van der Waals surface area contributed by atoms with Crippen molar-refractivity contribution in [2.45, 2.75) is 38.1 Å². The van der Waals surface area contributed by atoms with Crippen LogP contribution in [-0.2, 0) is 10.2 Å². The number of nitrogens with zero attached hydrogens (tertiary/aromatic N) is 2. The number of nitriles is 1. The maximum atomic E-state index is 13.5. The highest BCUT2D eigenvalue weighted by molar-refractivity contribution is 6.13. The van der Waals surface area contributed by atoms with E-state index in [1.807, 2.05) is 36.4 Å². The van der Waals surface area contributed by atoms with E-state index in [2.05, 4.69) is 30.1 Å². The first kappa shape index (κ1) is 22.4. The van der Waals surface area contributed by atoms with Gasteiger partial charge in [-0.2, -0.15) is 5.26 Å². The lowest BCUT2D eigenvalue weighted by molar-refractivity contribution is -0.123. The highest BCUT2D eigenvalue weighted by Gasteiger charge is 2.47. The van der Waals surface area contributed by atoms with Gasteiger partial charge in [-0.3, -0.25) is 14.5 Å². The number of benzene rings is 1. The van der Waals surface area contributed by atoms with E-state index in [4.69, 9.17) is 10.5 Å². The third-order valence-corrected chi connectivity index (χ3v) is 7.72. The number of amides is 1. The second-order valence-corrected chi connectivity index (χ2v) is 10.1. The van der Waals surface area contributed by atoms with Gasteiger partial charge in [0.15, 0.2) is 5.78 Å². The molecule has 1 aromatic carbocycles. The smallest absolute Gasteiger partial charge is 0.220 e. The highest BCUT2D eigenvalue weighted by atomic mass is 16.5. The maximum absolute atomic E-state index is 13.5. The number of nitrogens with two attached hydrogens (primary N) is 1. The summed E-state index contributed by atoms with van der Waals surface area (Å²) in [6.45, 7) is 7.28. The normalized spacial score (nSPS) is 25.6. The minimum atomic E-state index is -0.388. The van der Waals surface area contributed by atoms with Crippen molar-refractivity contribution < 1.29 is 14.3 Å². The van der Waals surface area contributed by atoms with Crippen molar-refractivity contribution in [3.05, 3.63) is 64.4 Å². The molecule has 2 heterocycles. The summed E-state index contributed by atoms with van der Waals surface area (Å²) in [4.78, 5) is 27.1.